The molecule has 0 atom stereocenters. The van der Waals surface area contributed by atoms with E-state index in [1.54, 1.807) is 0 Å². The maximum Gasteiger partial charge on any atom is 0.210 e. The van der Waals surface area contributed by atoms with Gasteiger partial charge < -0.3 is 5.32 Å². The Bertz CT molecular complexity index is 405. The molecule has 0 radical (unpaired) electrons. The van der Waals surface area contributed by atoms with Crippen LogP contribution in [-0.4, -0.2) is 12.0 Å². The standard InChI is InChI=1S/C15H24N4/c1-2-12-8-10-14(11-9-12)18-15(19-16)17-13-6-4-3-5-7-13/h8-11,13H,2-7,16H2,1H3,(H2,17,18,19). The fraction of sp³-hybridized carbons (Fsp3) is 0.533. The lowest BCUT2D eigenvalue weighted by Gasteiger charge is -2.19. The number of hydrogen-bond acceptors (Lipinski definition) is 2. The van der Waals surface area contributed by atoms with Crippen molar-refractivity contribution in [1.82, 2.24) is 5.43 Å². The first-order chi connectivity index (χ1) is 9.31. The molecule has 4 N–H and O–H groups in total. The van der Waals surface area contributed by atoms with Gasteiger partial charge in [0, 0.05) is 5.69 Å². The molecule has 0 heterocycles. The van der Waals surface area contributed by atoms with Crippen molar-refractivity contribution in [2.45, 2.75) is 51.5 Å². The lowest BCUT2D eigenvalue weighted by atomic mass is 9.96. The molecule has 1 aliphatic carbocycles. The molecular formula is C15H24N4. The van der Waals surface area contributed by atoms with Crippen LogP contribution in [0.4, 0.5) is 5.69 Å². The van der Waals surface area contributed by atoms with Crippen molar-refractivity contribution < 1.29 is 0 Å². The number of hydrogen-bond donors (Lipinski definition) is 3. The highest BCUT2D eigenvalue weighted by Crippen LogP contribution is 2.20. The highest BCUT2D eigenvalue weighted by atomic mass is 15.3. The van der Waals surface area contributed by atoms with Gasteiger partial charge in [0.1, 0.15) is 0 Å². The van der Waals surface area contributed by atoms with Crippen LogP contribution in [0.15, 0.2) is 29.3 Å². The van der Waals surface area contributed by atoms with Crippen LogP contribution in [0.25, 0.3) is 0 Å². The van der Waals surface area contributed by atoms with Crippen LogP contribution in [0.3, 0.4) is 0 Å². The Labute approximate surface area is 115 Å². The van der Waals surface area contributed by atoms with Gasteiger partial charge in [-0.05, 0) is 37.0 Å². The average molecular weight is 260 g/mol. The summed E-state index contributed by atoms with van der Waals surface area (Å²) in [5.74, 6) is 6.21. The highest BCUT2D eigenvalue weighted by Gasteiger charge is 2.13. The summed E-state index contributed by atoms with van der Waals surface area (Å²) in [5, 5.41) is 3.24. The summed E-state index contributed by atoms with van der Waals surface area (Å²) >= 11 is 0. The topological polar surface area (TPSA) is 62.4 Å². The molecule has 104 valence electrons. The zero-order valence-corrected chi connectivity index (χ0v) is 11.7. The van der Waals surface area contributed by atoms with Crippen LogP contribution in [0.2, 0.25) is 0 Å². The Hall–Kier alpha value is -1.55. The van der Waals surface area contributed by atoms with E-state index in [1.165, 1.54) is 37.7 Å². The van der Waals surface area contributed by atoms with Crippen molar-refractivity contribution in [2.75, 3.05) is 5.32 Å². The van der Waals surface area contributed by atoms with Gasteiger partial charge >= 0.3 is 0 Å². The van der Waals surface area contributed by atoms with Crippen LogP contribution in [0.1, 0.15) is 44.6 Å². The van der Waals surface area contributed by atoms with Crippen molar-refractivity contribution in [1.29, 1.82) is 0 Å². The first-order valence-electron chi connectivity index (χ1n) is 7.22. The summed E-state index contributed by atoms with van der Waals surface area (Å²) in [6.07, 6.45) is 7.28. The van der Waals surface area contributed by atoms with Gasteiger partial charge in [-0.15, -0.1) is 0 Å². The third-order valence-corrected chi connectivity index (χ3v) is 3.65. The minimum Gasteiger partial charge on any atom is -0.325 e. The monoisotopic (exact) mass is 260 g/mol. The van der Waals surface area contributed by atoms with E-state index in [4.69, 9.17) is 5.84 Å². The second-order valence-corrected chi connectivity index (χ2v) is 5.09. The normalized spacial score (nSPS) is 17.3. The number of benzene rings is 1. The van der Waals surface area contributed by atoms with Gasteiger partial charge in [0.15, 0.2) is 0 Å². The number of aliphatic imine (C=N–C) groups is 1. The average Bonchev–Trinajstić information content (AvgIpc) is 2.48. The molecule has 4 nitrogen and oxygen atoms in total. The molecule has 0 aliphatic heterocycles. The van der Waals surface area contributed by atoms with Gasteiger partial charge in [0.05, 0.1) is 6.04 Å². The summed E-state index contributed by atoms with van der Waals surface area (Å²) in [6, 6.07) is 8.77. The maximum absolute atomic E-state index is 5.55. The zero-order chi connectivity index (χ0) is 13.5. The molecule has 19 heavy (non-hydrogen) atoms. The van der Waals surface area contributed by atoms with E-state index in [-0.39, 0.29) is 0 Å². The molecule has 4 heteroatoms. The fourth-order valence-electron chi connectivity index (χ4n) is 2.46. The van der Waals surface area contributed by atoms with Crippen LogP contribution in [-0.2, 0) is 6.42 Å². The van der Waals surface area contributed by atoms with Crippen molar-refractivity contribution in [3.63, 3.8) is 0 Å². The van der Waals surface area contributed by atoms with Crippen LogP contribution >= 0.6 is 0 Å². The van der Waals surface area contributed by atoms with Crippen LogP contribution < -0.4 is 16.6 Å². The summed E-state index contributed by atoms with van der Waals surface area (Å²) in [4.78, 5) is 4.66. The lowest BCUT2D eigenvalue weighted by Crippen LogP contribution is -2.37. The van der Waals surface area contributed by atoms with E-state index in [9.17, 15) is 0 Å². The second kappa shape index (κ2) is 7.14. The number of nitrogens with zero attached hydrogens (tertiary/aromatic N) is 1. The van der Waals surface area contributed by atoms with Gasteiger partial charge in [-0.3, -0.25) is 5.43 Å². The smallest absolute Gasteiger partial charge is 0.210 e. The molecule has 1 saturated carbocycles. The molecule has 0 saturated heterocycles. The molecule has 0 bridgehead atoms. The van der Waals surface area contributed by atoms with Gasteiger partial charge in [-0.1, -0.05) is 38.3 Å². The van der Waals surface area contributed by atoms with Crippen molar-refractivity contribution in [2.24, 2.45) is 10.8 Å². The first kappa shape index (κ1) is 13.9. The predicted octanol–water partition coefficient (Wildman–Crippen LogP) is 2.81. The third-order valence-electron chi connectivity index (χ3n) is 3.65. The maximum atomic E-state index is 5.55. The Kier molecular flexibility index (Phi) is 5.21. The largest absolute Gasteiger partial charge is 0.325 e. The lowest BCUT2D eigenvalue weighted by molar-refractivity contribution is 0.442. The quantitative estimate of drug-likeness (QED) is 0.339. The van der Waals surface area contributed by atoms with Crippen LogP contribution in [0.5, 0.6) is 0 Å². The second-order valence-electron chi connectivity index (χ2n) is 5.09. The summed E-state index contributed by atoms with van der Waals surface area (Å²) < 4.78 is 0. The molecule has 1 fully saturated rings. The van der Waals surface area contributed by atoms with Gasteiger partial charge in [-0.2, -0.15) is 0 Å². The number of anilines is 1. The number of rotatable bonds is 3. The molecular weight excluding hydrogens is 236 g/mol. The van der Waals surface area contributed by atoms with E-state index in [0.29, 0.717) is 12.0 Å². The van der Waals surface area contributed by atoms with Crippen molar-refractivity contribution >= 4 is 11.6 Å². The molecule has 2 rings (SSSR count). The molecule has 1 aromatic carbocycles. The van der Waals surface area contributed by atoms with E-state index < -0.39 is 0 Å². The van der Waals surface area contributed by atoms with Gasteiger partial charge in [-0.25, -0.2) is 10.8 Å². The minimum atomic E-state index is 0.405. The van der Waals surface area contributed by atoms with Gasteiger partial charge in [0.2, 0.25) is 5.96 Å². The molecule has 1 aromatic rings. The number of aryl methyl sites for hydroxylation is 1. The Morgan fingerprint density at radius 3 is 2.47 bits per heavy atom. The summed E-state index contributed by atoms with van der Waals surface area (Å²) in [7, 11) is 0. The molecule has 0 aromatic heterocycles. The molecule has 0 amide bonds. The number of hydrazine groups is 1. The number of nitrogens with two attached hydrogens (primary N) is 1. The molecule has 0 unspecified atom stereocenters. The Morgan fingerprint density at radius 1 is 1.21 bits per heavy atom. The Morgan fingerprint density at radius 2 is 1.89 bits per heavy atom. The van der Waals surface area contributed by atoms with E-state index >= 15 is 0 Å². The SMILES string of the molecule is CCc1ccc(NC(=NC2CCCCC2)NN)cc1. The Balaban J connectivity index is 1.98. The van der Waals surface area contributed by atoms with Gasteiger partial charge in [0.25, 0.3) is 0 Å². The number of nitrogens with one attached hydrogen (secondary N) is 2. The first-order valence-corrected chi connectivity index (χ1v) is 7.22. The third kappa shape index (κ3) is 4.24. The fourth-order valence-corrected chi connectivity index (χ4v) is 2.46. The van der Waals surface area contributed by atoms with Crippen molar-refractivity contribution in [3.8, 4) is 0 Å². The molecule has 0 spiro atoms. The summed E-state index contributed by atoms with van der Waals surface area (Å²) in [6.45, 7) is 2.15. The predicted molar refractivity (Wildman–Crippen MR) is 81.1 cm³/mol. The van der Waals surface area contributed by atoms with E-state index in [1.807, 2.05) is 0 Å². The van der Waals surface area contributed by atoms with E-state index in [0.717, 1.165) is 12.1 Å². The zero-order valence-electron chi connectivity index (χ0n) is 11.7. The van der Waals surface area contributed by atoms with Crippen molar-refractivity contribution in [3.05, 3.63) is 29.8 Å². The summed E-state index contributed by atoms with van der Waals surface area (Å²) in [5.41, 5.74) is 5.01. The van der Waals surface area contributed by atoms with E-state index in [2.05, 4.69) is 46.9 Å². The molecule has 1 aliphatic rings. The van der Waals surface area contributed by atoms with Crippen LogP contribution in [0, 0.1) is 0 Å². The number of guanidine groups is 1. The highest BCUT2D eigenvalue weighted by molar-refractivity contribution is 5.93. The minimum absolute atomic E-state index is 0.405.